The first-order valence-corrected chi connectivity index (χ1v) is 18.8. The zero-order chi connectivity index (χ0) is 37.6. The van der Waals surface area contributed by atoms with Crippen molar-refractivity contribution in [2.75, 3.05) is 51.7 Å². The number of phenols is 1. The van der Waals surface area contributed by atoms with E-state index < -0.39 is 11.9 Å². The predicted octanol–water partition coefficient (Wildman–Crippen LogP) is 4.28. The summed E-state index contributed by atoms with van der Waals surface area (Å²) in [7, 11) is 1.74. The molecule has 2 amide bonds. The number of nitrogens with zero attached hydrogens (tertiary/aromatic N) is 6. The molecule has 0 radical (unpaired) electrons. The highest BCUT2D eigenvalue weighted by Gasteiger charge is 2.31. The van der Waals surface area contributed by atoms with Crippen LogP contribution in [0.5, 0.6) is 5.75 Å². The van der Waals surface area contributed by atoms with E-state index in [2.05, 4.69) is 49.6 Å². The molecule has 1 atom stereocenters. The number of benzene rings is 3. The van der Waals surface area contributed by atoms with E-state index in [1.165, 1.54) is 10.1 Å². The molecule has 4 N–H and O–H groups in total. The molecule has 4 heterocycles. The number of amides is 2. The standard InChI is InChI=1S/C41H48N8O5/c1-46-38-30(8-6-11-34(38)49(41(46)53)35-17-18-37(51)43-40(35)52)9-7-25-54-24-5-4-19-47-20-22-48(23-21-47)27-28-13-15-29(16-14-28)32-26-33(44-45-39(32)42)31-10-2-3-12-36(31)50/h2-3,6,8,10-16,26,35,50H,4-5,7,9,17-25,27H2,1H3,(H2,42,45)(H,43,51,52). The van der Waals surface area contributed by atoms with E-state index in [9.17, 15) is 19.5 Å². The van der Waals surface area contributed by atoms with E-state index in [1.54, 1.807) is 23.7 Å². The number of aryl methyl sites for hydroxylation is 2. The van der Waals surface area contributed by atoms with Crippen LogP contribution in [0.1, 0.15) is 49.3 Å². The highest BCUT2D eigenvalue weighted by atomic mass is 16.5. The number of nitrogens with one attached hydrogen (secondary N) is 1. The molecule has 282 valence electrons. The number of hydrogen-bond donors (Lipinski definition) is 3. The first kappa shape index (κ1) is 37.0. The highest BCUT2D eigenvalue weighted by molar-refractivity contribution is 6.00. The van der Waals surface area contributed by atoms with Crippen LogP contribution in [-0.4, -0.2) is 92.0 Å². The maximum absolute atomic E-state index is 13.2. The lowest BCUT2D eigenvalue weighted by Gasteiger charge is -2.34. The number of unbranched alkanes of at least 4 members (excludes halogenated alkanes) is 1. The van der Waals surface area contributed by atoms with Gasteiger partial charge in [-0.15, -0.1) is 10.2 Å². The Bertz CT molecular complexity index is 2170. The number of imidazole rings is 1. The number of nitrogens with two attached hydrogens (primary N) is 1. The summed E-state index contributed by atoms with van der Waals surface area (Å²) in [5.41, 5.74) is 12.7. The number of carbonyl (C=O) groups is 2. The average Bonchev–Trinajstić information content (AvgIpc) is 3.43. The number of anilines is 1. The highest BCUT2D eigenvalue weighted by Crippen LogP contribution is 2.32. The summed E-state index contributed by atoms with van der Waals surface area (Å²) in [5, 5.41) is 21.0. The topological polar surface area (TPSA) is 161 Å². The van der Waals surface area contributed by atoms with E-state index in [0.717, 1.165) is 99.3 Å². The van der Waals surface area contributed by atoms with Crippen LogP contribution in [0, 0.1) is 0 Å². The van der Waals surface area contributed by atoms with Crippen molar-refractivity contribution in [3.8, 4) is 28.1 Å². The Balaban J connectivity index is 0.803. The van der Waals surface area contributed by atoms with Crippen molar-refractivity contribution in [1.82, 2.24) is 34.4 Å². The Morgan fingerprint density at radius 3 is 2.41 bits per heavy atom. The van der Waals surface area contributed by atoms with Gasteiger partial charge in [-0.2, -0.15) is 0 Å². The molecule has 1 unspecified atom stereocenters. The van der Waals surface area contributed by atoms with Gasteiger partial charge < -0.3 is 20.5 Å². The number of para-hydroxylation sites is 2. The molecule has 2 fully saturated rings. The zero-order valence-corrected chi connectivity index (χ0v) is 30.7. The summed E-state index contributed by atoms with van der Waals surface area (Å²) < 4.78 is 9.13. The molecule has 2 aliphatic heterocycles. The SMILES string of the molecule is Cn1c(=O)n(C2CCC(=O)NC2=O)c2cccc(CCCOCCCCN3CCN(Cc4ccc(-c5cc(-c6ccccc6O)nnc5N)cc4)CC3)c21. The number of fused-ring (bicyclic) bond motifs is 1. The lowest BCUT2D eigenvalue weighted by molar-refractivity contribution is -0.135. The van der Waals surface area contributed by atoms with Crippen LogP contribution < -0.4 is 16.7 Å². The van der Waals surface area contributed by atoms with E-state index in [-0.39, 0.29) is 23.8 Å². The van der Waals surface area contributed by atoms with E-state index >= 15 is 0 Å². The summed E-state index contributed by atoms with van der Waals surface area (Å²) in [6, 6.07) is 22.5. The minimum absolute atomic E-state index is 0.154. The van der Waals surface area contributed by atoms with Crippen LogP contribution in [0.15, 0.2) is 77.6 Å². The van der Waals surface area contributed by atoms with Gasteiger partial charge in [0, 0.05) is 70.5 Å². The molecule has 2 saturated heterocycles. The number of imide groups is 1. The molecular weight excluding hydrogens is 685 g/mol. The average molecular weight is 733 g/mol. The molecule has 0 saturated carbocycles. The van der Waals surface area contributed by atoms with Crippen molar-refractivity contribution in [3.63, 3.8) is 0 Å². The summed E-state index contributed by atoms with van der Waals surface area (Å²) in [5.74, 6) is -0.212. The van der Waals surface area contributed by atoms with Gasteiger partial charge in [-0.3, -0.25) is 28.9 Å². The van der Waals surface area contributed by atoms with Crippen molar-refractivity contribution in [2.45, 2.75) is 51.1 Å². The van der Waals surface area contributed by atoms with Gasteiger partial charge in [0.05, 0.1) is 16.7 Å². The first-order valence-electron chi connectivity index (χ1n) is 18.8. The number of nitrogen functional groups attached to an aromatic ring is 1. The largest absolute Gasteiger partial charge is 0.507 e. The molecule has 0 bridgehead atoms. The van der Waals surface area contributed by atoms with Crippen LogP contribution in [0.25, 0.3) is 33.4 Å². The normalized spacial score (nSPS) is 16.9. The number of ether oxygens (including phenoxy) is 1. The molecule has 5 aromatic rings. The molecule has 54 heavy (non-hydrogen) atoms. The van der Waals surface area contributed by atoms with Crippen molar-refractivity contribution < 1.29 is 19.4 Å². The molecule has 13 nitrogen and oxygen atoms in total. The summed E-state index contributed by atoms with van der Waals surface area (Å²) >= 11 is 0. The fraction of sp³-hybridized carbons (Fsp3) is 0.390. The van der Waals surface area contributed by atoms with E-state index in [1.807, 2.05) is 36.4 Å². The Kier molecular flexibility index (Phi) is 11.5. The lowest BCUT2D eigenvalue weighted by atomic mass is 10.0. The van der Waals surface area contributed by atoms with Gasteiger partial charge in [0.1, 0.15) is 11.8 Å². The van der Waals surface area contributed by atoms with Gasteiger partial charge in [-0.1, -0.05) is 48.5 Å². The molecule has 0 spiro atoms. The number of rotatable bonds is 14. The maximum atomic E-state index is 13.2. The van der Waals surface area contributed by atoms with Crippen molar-refractivity contribution >= 4 is 28.7 Å². The second-order valence-electron chi connectivity index (χ2n) is 14.2. The van der Waals surface area contributed by atoms with Crippen LogP contribution in [0.3, 0.4) is 0 Å². The number of carbonyl (C=O) groups excluding carboxylic acids is 2. The van der Waals surface area contributed by atoms with Crippen molar-refractivity contribution in [1.29, 1.82) is 0 Å². The van der Waals surface area contributed by atoms with Crippen molar-refractivity contribution in [2.24, 2.45) is 7.05 Å². The van der Waals surface area contributed by atoms with Crippen LogP contribution in [0.2, 0.25) is 0 Å². The number of hydrogen-bond acceptors (Lipinski definition) is 10. The molecule has 13 heteroatoms. The van der Waals surface area contributed by atoms with Crippen LogP contribution >= 0.6 is 0 Å². The summed E-state index contributed by atoms with van der Waals surface area (Å²) in [6.45, 7) is 7.48. The predicted molar refractivity (Wildman–Crippen MR) is 208 cm³/mol. The lowest BCUT2D eigenvalue weighted by Crippen LogP contribution is -2.46. The first-order chi connectivity index (χ1) is 26.3. The second kappa shape index (κ2) is 16.8. The monoisotopic (exact) mass is 732 g/mol. The Morgan fingerprint density at radius 2 is 1.63 bits per heavy atom. The molecule has 3 aromatic carbocycles. The van der Waals surface area contributed by atoms with Crippen LogP contribution in [-0.2, 0) is 34.3 Å². The van der Waals surface area contributed by atoms with Gasteiger partial charge >= 0.3 is 5.69 Å². The van der Waals surface area contributed by atoms with Gasteiger partial charge in [-0.05, 0) is 79.6 Å². The van der Waals surface area contributed by atoms with Gasteiger partial charge in [-0.25, -0.2) is 4.79 Å². The van der Waals surface area contributed by atoms with Gasteiger partial charge in [0.25, 0.3) is 0 Å². The number of piperidine rings is 1. The summed E-state index contributed by atoms with van der Waals surface area (Å²) in [6.07, 6.45) is 4.24. The molecule has 0 aliphatic carbocycles. The third-order valence-corrected chi connectivity index (χ3v) is 10.6. The minimum Gasteiger partial charge on any atom is -0.507 e. The zero-order valence-electron chi connectivity index (χ0n) is 30.7. The third kappa shape index (κ3) is 8.23. The fourth-order valence-electron chi connectivity index (χ4n) is 7.63. The number of aromatic hydroxyl groups is 1. The van der Waals surface area contributed by atoms with E-state index in [0.29, 0.717) is 30.1 Å². The summed E-state index contributed by atoms with van der Waals surface area (Å²) in [4.78, 5) is 42.4. The molecular formula is C41H48N8O5. The van der Waals surface area contributed by atoms with Gasteiger partial charge in [0.2, 0.25) is 11.8 Å². The molecule has 2 aliphatic rings. The van der Waals surface area contributed by atoms with E-state index in [4.69, 9.17) is 10.5 Å². The number of phenolic OH excluding ortho intramolecular Hbond substituents is 1. The molecule has 2 aromatic heterocycles. The second-order valence-corrected chi connectivity index (χ2v) is 14.2. The maximum Gasteiger partial charge on any atom is 0.329 e. The van der Waals surface area contributed by atoms with Crippen LogP contribution in [0.4, 0.5) is 5.82 Å². The minimum atomic E-state index is -0.683. The number of aromatic nitrogens is 4. The third-order valence-electron chi connectivity index (χ3n) is 10.6. The molecule has 7 rings (SSSR count). The number of piperazine rings is 1. The smallest absolute Gasteiger partial charge is 0.329 e. The Morgan fingerprint density at radius 1 is 0.870 bits per heavy atom. The van der Waals surface area contributed by atoms with Gasteiger partial charge in [0.15, 0.2) is 5.82 Å². The van der Waals surface area contributed by atoms with Crippen molar-refractivity contribution in [3.05, 3.63) is 94.4 Å². The fourth-order valence-corrected chi connectivity index (χ4v) is 7.63. The Labute approximate surface area is 314 Å². The quantitative estimate of drug-likeness (QED) is 0.111. The Hall–Kier alpha value is -5.37.